The van der Waals surface area contributed by atoms with Crippen molar-refractivity contribution in [3.8, 4) is 0 Å². The Hall–Kier alpha value is -1.00. The van der Waals surface area contributed by atoms with Crippen molar-refractivity contribution in [2.45, 2.75) is 44.6 Å². The topological polar surface area (TPSA) is 49.3 Å². The molecule has 1 rings (SSSR count). The Balaban J connectivity index is 2.42. The van der Waals surface area contributed by atoms with Gasteiger partial charge in [0.05, 0.1) is 0 Å². The SMILES string of the molecule is CCCNC(CCSc1ccc(C)c(C)c1)C(=O)O. The summed E-state index contributed by atoms with van der Waals surface area (Å²) in [4.78, 5) is 12.3. The average molecular weight is 281 g/mol. The summed E-state index contributed by atoms with van der Waals surface area (Å²) in [7, 11) is 0. The number of hydrogen-bond donors (Lipinski definition) is 2. The summed E-state index contributed by atoms with van der Waals surface area (Å²) in [6.07, 6.45) is 1.60. The molecule has 4 heteroatoms. The Labute approximate surface area is 119 Å². The number of rotatable bonds is 8. The van der Waals surface area contributed by atoms with Crippen molar-refractivity contribution in [1.29, 1.82) is 0 Å². The molecule has 106 valence electrons. The summed E-state index contributed by atoms with van der Waals surface area (Å²) in [5.41, 5.74) is 2.57. The number of carbonyl (C=O) groups is 1. The van der Waals surface area contributed by atoms with E-state index in [4.69, 9.17) is 5.11 Å². The van der Waals surface area contributed by atoms with Crippen molar-refractivity contribution in [2.24, 2.45) is 0 Å². The van der Waals surface area contributed by atoms with Crippen LogP contribution in [0.15, 0.2) is 23.1 Å². The first-order valence-electron chi connectivity index (χ1n) is 6.70. The van der Waals surface area contributed by atoms with E-state index >= 15 is 0 Å². The fourth-order valence-corrected chi connectivity index (χ4v) is 2.74. The van der Waals surface area contributed by atoms with E-state index in [0.717, 1.165) is 18.7 Å². The number of aliphatic carboxylic acids is 1. The van der Waals surface area contributed by atoms with E-state index in [0.29, 0.717) is 6.42 Å². The summed E-state index contributed by atoms with van der Waals surface area (Å²) in [5.74, 6) is 0.0602. The predicted molar refractivity (Wildman–Crippen MR) is 81.0 cm³/mol. The van der Waals surface area contributed by atoms with Crippen molar-refractivity contribution < 1.29 is 9.90 Å². The highest BCUT2D eigenvalue weighted by Crippen LogP contribution is 2.22. The lowest BCUT2D eigenvalue weighted by Gasteiger charge is -2.13. The van der Waals surface area contributed by atoms with Crippen LogP contribution in [0.4, 0.5) is 0 Å². The molecule has 3 nitrogen and oxygen atoms in total. The molecule has 2 N–H and O–H groups in total. The third kappa shape index (κ3) is 5.66. The number of benzene rings is 1. The smallest absolute Gasteiger partial charge is 0.320 e. The van der Waals surface area contributed by atoms with Gasteiger partial charge < -0.3 is 10.4 Å². The van der Waals surface area contributed by atoms with Crippen LogP contribution in [0.25, 0.3) is 0 Å². The molecule has 0 aliphatic rings. The minimum Gasteiger partial charge on any atom is -0.480 e. The Bertz CT molecular complexity index is 421. The van der Waals surface area contributed by atoms with Gasteiger partial charge in [-0.1, -0.05) is 13.0 Å². The third-order valence-electron chi connectivity index (χ3n) is 3.09. The molecule has 0 spiro atoms. The number of nitrogens with one attached hydrogen (secondary N) is 1. The van der Waals surface area contributed by atoms with Crippen molar-refractivity contribution in [1.82, 2.24) is 5.32 Å². The van der Waals surface area contributed by atoms with Gasteiger partial charge in [-0.05, 0) is 56.5 Å². The lowest BCUT2D eigenvalue weighted by atomic mass is 10.1. The van der Waals surface area contributed by atoms with Crippen LogP contribution in [-0.2, 0) is 4.79 Å². The molecule has 0 saturated heterocycles. The van der Waals surface area contributed by atoms with Crippen LogP contribution < -0.4 is 5.32 Å². The first-order valence-corrected chi connectivity index (χ1v) is 7.69. The number of hydrogen-bond acceptors (Lipinski definition) is 3. The number of carboxylic acid groups (broad SMARTS) is 1. The highest BCUT2D eigenvalue weighted by Gasteiger charge is 2.15. The fraction of sp³-hybridized carbons (Fsp3) is 0.533. The van der Waals surface area contributed by atoms with Crippen molar-refractivity contribution in [3.63, 3.8) is 0 Å². The Morgan fingerprint density at radius 1 is 1.37 bits per heavy atom. The number of carboxylic acids is 1. The van der Waals surface area contributed by atoms with E-state index in [1.165, 1.54) is 16.0 Å². The molecular weight excluding hydrogens is 258 g/mol. The van der Waals surface area contributed by atoms with Crippen LogP contribution in [-0.4, -0.2) is 29.4 Å². The normalized spacial score (nSPS) is 12.4. The van der Waals surface area contributed by atoms with Gasteiger partial charge in [0.2, 0.25) is 0 Å². The molecule has 0 aliphatic carbocycles. The first-order chi connectivity index (χ1) is 9.04. The maximum atomic E-state index is 11.1. The Kier molecular flexibility index (Phi) is 6.95. The van der Waals surface area contributed by atoms with Gasteiger partial charge in [0.25, 0.3) is 0 Å². The van der Waals surface area contributed by atoms with Gasteiger partial charge in [0.15, 0.2) is 0 Å². The quantitative estimate of drug-likeness (QED) is 0.718. The standard InChI is InChI=1S/C15H23NO2S/c1-4-8-16-14(15(17)18)7-9-19-13-6-5-11(2)12(3)10-13/h5-6,10,14,16H,4,7-9H2,1-3H3,(H,17,18). The second-order valence-corrected chi connectivity index (χ2v) is 5.90. The monoisotopic (exact) mass is 281 g/mol. The molecule has 0 aromatic heterocycles. The fourth-order valence-electron chi connectivity index (χ4n) is 1.73. The van der Waals surface area contributed by atoms with E-state index in [1.54, 1.807) is 11.8 Å². The molecule has 0 amide bonds. The molecule has 1 atom stereocenters. The summed E-state index contributed by atoms with van der Waals surface area (Å²) >= 11 is 1.72. The van der Waals surface area contributed by atoms with Gasteiger partial charge in [-0.2, -0.15) is 0 Å². The molecule has 0 heterocycles. The summed E-state index contributed by atoms with van der Waals surface area (Å²) in [6, 6.07) is 5.94. The molecule has 0 aliphatic heterocycles. The third-order valence-corrected chi connectivity index (χ3v) is 4.12. The van der Waals surface area contributed by atoms with Crippen LogP contribution in [0.5, 0.6) is 0 Å². The van der Waals surface area contributed by atoms with Gasteiger partial charge in [0.1, 0.15) is 6.04 Å². The molecular formula is C15H23NO2S. The van der Waals surface area contributed by atoms with E-state index < -0.39 is 12.0 Å². The molecule has 19 heavy (non-hydrogen) atoms. The predicted octanol–water partition coefficient (Wildman–Crippen LogP) is 3.24. The van der Waals surface area contributed by atoms with Crippen LogP contribution in [0.1, 0.15) is 30.9 Å². The lowest BCUT2D eigenvalue weighted by molar-refractivity contribution is -0.139. The van der Waals surface area contributed by atoms with Crippen molar-refractivity contribution in [2.75, 3.05) is 12.3 Å². The maximum Gasteiger partial charge on any atom is 0.320 e. The maximum absolute atomic E-state index is 11.1. The van der Waals surface area contributed by atoms with Crippen LogP contribution in [0, 0.1) is 13.8 Å². The largest absolute Gasteiger partial charge is 0.480 e. The van der Waals surface area contributed by atoms with Crippen LogP contribution in [0.3, 0.4) is 0 Å². The minimum absolute atomic E-state index is 0.431. The zero-order chi connectivity index (χ0) is 14.3. The average Bonchev–Trinajstić information content (AvgIpc) is 2.37. The molecule has 0 bridgehead atoms. The van der Waals surface area contributed by atoms with Gasteiger partial charge >= 0.3 is 5.97 Å². The van der Waals surface area contributed by atoms with E-state index in [2.05, 4.69) is 37.4 Å². The minimum atomic E-state index is -0.755. The zero-order valence-electron chi connectivity index (χ0n) is 11.9. The Morgan fingerprint density at radius 2 is 2.11 bits per heavy atom. The van der Waals surface area contributed by atoms with Gasteiger partial charge in [-0.15, -0.1) is 11.8 Å². The molecule has 1 aromatic carbocycles. The highest BCUT2D eigenvalue weighted by atomic mass is 32.2. The molecule has 1 unspecified atom stereocenters. The van der Waals surface area contributed by atoms with Gasteiger partial charge in [-0.25, -0.2) is 0 Å². The molecule has 0 fully saturated rings. The van der Waals surface area contributed by atoms with E-state index in [-0.39, 0.29) is 0 Å². The first kappa shape index (κ1) is 16.1. The van der Waals surface area contributed by atoms with Crippen molar-refractivity contribution >= 4 is 17.7 Å². The summed E-state index contributed by atoms with van der Waals surface area (Å²) in [6.45, 7) is 6.99. The zero-order valence-corrected chi connectivity index (χ0v) is 12.7. The molecule has 0 radical (unpaired) electrons. The number of thioether (sulfide) groups is 1. The summed E-state index contributed by atoms with van der Waals surface area (Å²) < 4.78 is 0. The second kappa shape index (κ2) is 8.23. The van der Waals surface area contributed by atoms with Gasteiger partial charge in [0, 0.05) is 10.6 Å². The number of aryl methyl sites for hydroxylation is 2. The van der Waals surface area contributed by atoms with E-state index in [1.807, 2.05) is 6.92 Å². The van der Waals surface area contributed by atoms with Crippen LogP contribution >= 0.6 is 11.8 Å². The molecule has 1 aromatic rings. The Morgan fingerprint density at radius 3 is 2.68 bits per heavy atom. The lowest BCUT2D eigenvalue weighted by Crippen LogP contribution is -2.37. The molecule has 0 saturated carbocycles. The van der Waals surface area contributed by atoms with E-state index in [9.17, 15) is 4.79 Å². The van der Waals surface area contributed by atoms with Crippen LogP contribution in [0.2, 0.25) is 0 Å². The summed E-state index contributed by atoms with van der Waals surface area (Å²) in [5, 5.41) is 12.2. The van der Waals surface area contributed by atoms with Gasteiger partial charge in [-0.3, -0.25) is 4.79 Å². The van der Waals surface area contributed by atoms with Crippen molar-refractivity contribution in [3.05, 3.63) is 29.3 Å². The highest BCUT2D eigenvalue weighted by molar-refractivity contribution is 7.99. The second-order valence-electron chi connectivity index (χ2n) is 4.73.